The van der Waals surface area contributed by atoms with E-state index >= 15 is 0 Å². The van der Waals surface area contributed by atoms with E-state index in [1.165, 1.54) is 39.8 Å². The normalized spacial score (nSPS) is 12.0. The number of fused-ring (bicyclic) bond motifs is 1. The maximum absolute atomic E-state index is 13.8. The summed E-state index contributed by atoms with van der Waals surface area (Å²) in [5.74, 6) is -1.33. The van der Waals surface area contributed by atoms with Gasteiger partial charge in [0, 0.05) is 18.9 Å². The van der Waals surface area contributed by atoms with Gasteiger partial charge in [-0.2, -0.15) is 0 Å². The molecule has 4 aromatic rings. The zero-order valence-electron chi connectivity index (χ0n) is 17.4. The zero-order valence-corrected chi connectivity index (χ0v) is 17.4. The van der Waals surface area contributed by atoms with E-state index in [0.717, 1.165) is 0 Å². The molecule has 0 fully saturated rings. The number of nitrogens with zero attached hydrogens (tertiary/aromatic N) is 3. The van der Waals surface area contributed by atoms with Crippen molar-refractivity contribution in [3.63, 3.8) is 0 Å². The third kappa shape index (κ3) is 4.27. The molecule has 0 bridgehead atoms. The molecule has 1 unspecified atom stereocenters. The highest BCUT2D eigenvalue weighted by molar-refractivity contribution is 5.94. The van der Waals surface area contributed by atoms with Gasteiger partial charge in [0.15, 0.2) is 0 Å². The Balaban J connectivity index is 1.80. The first-order chi connectivity index (χ1) is 15.5. The largest absolute Gasteiger partial charge is 0.327 e. The minimum atomic E-state index is -0.527. The first kappa shape index (κ1) is 21.4. The molecule has 7 heteroatoms. The molecule has 1 amide bonds. The Hall–Kier alpha value is -3.87. The van der Waals surface area contributed by atoms with Crippen LogP contribution in [0.1, 0.15) is 40.9 Å². The Morgan fingerprint density at radius 2 is 1.81 bits per heavy atom. The lowest BCUT2D eigenvalue weighted by molar-refractivity contribution is 0.0649. The second-order valence-electron chi connectivity index (χ2n) is 7.44. The Morgan fingerprint density at radius 1 is 1.03 bits per heavy atom. The van der Waals surface area contributed by atoms with Crippen LogP contribution in [-0.4, -0.2) is 20.2 Å². The van der Waals surface area contributed by atoms with E-state index in [-0.39, 0.29) is 17.9 Å². The number of hydrogen-bond acceptors (Lipinski definition) is 3. The summed E-state index contributed by atoms with van der Waals surface area (Å²) in [7, 11) is 0. The van der Waals surface area contributed by atoms with Gasteiger partial charge in [-0.1, -0.05) is 37.3 Å². The van der Waals surface area contributed by atoms with Gasteiger partial charge in [-0.25, -0.2) is 13.8 Å². The van der Waals surface area contributed by atoms with Crippen molar-refractivity contribution in [3.8, 4) is 0 Å². The number of hydrogen-bond donors (Lipinski definition) is 0. The van der Waals surface area contributed by atoms with Crippen LogP contribution in [0, 0.1) is 11.6 Å². The molecular weight excluding hydrogens is 412 g/mol. The quantitative estimate of drug-likeness (QED) is 0.440. The second kappa shape index (κ2) is 9.09. The van der Waals surface area contributed by atoms with Crippen molar-refractivity contribution in [3.05, 3.63) is 118 Å². The molecule has 162 valence electrons. The van der Waals surface area contributed by atoms with Crippen LogP contribution in [-0.2, 0) is 6.54 Å². The molecule has 0 saturated heterocycles. The van der Waals surface area contributed by atoms with Crippen molar-refractivity contribution in [2.75, 3.05) is 0 Å². The number of benzene rings is 2. The van der Waals surface area contributed by atoms with Crippen LogP contribution in [0.15, 0.2) is 83.9 Å². The molecule has 1 atom stereocenters. The van der Waals surface area contributed by atoms with Gasteiger partial charge in [0.1, 0.15) is 22.8 Å². The standard InChI is InChI=1S/C25H21F2N3O2/c1-2-22(18-9-11-19(26)12-10-18)30(16-17-6-5-7-20(27)14-17)25(32)21-15-28-23-8-3-4-13-29(23)24(21)31/h3-15,22H,2,16H2,1H3. The van der Waals surface area contributed by atoms with E-state index in [4.69, 9.17) is 0 Å². The lowest BCUT2D eigenvalue weighted by atomic mass is 10.0. The van der Waals surface area contributed by atoms with E-state index in [1.54, 1.807) is 48.7 Å². The summed E-state index contributed by atoms with van der Waals surface area (Å²) in [5.41, 5.74) is 1.14. The first-order valence-electron chi connectivity index (χ1n) is 10.2. The fraction of sp³-hybridized carbons (Fsp3) is 0.160. The van der Waals surface area contributed by atoms with Crippen LogP contribution in [0.4, 0.5) is 8.78 Å². The molecule has 2 aromatic heterocycles. The fourth-order valence-corrected chi connectivity index (χ4v) is 3.80. The smallest absolute Gasteiger partial charge is 0.270 e. The van der Waals surface area contributed by atoms with Crippen molar-refractivity contribution in [2.24, 2.45) is 0 Å². The van der Waals surface area contributed by atoms with E-state index in [2.05, 4.69) is 4.98 Å². The molecule has 0 saturated carbocycles. The third-order valence-electron chi connectivity index (χ3n) is 5.36. The molecule has 0 spiro atoms. The summed E-state index contributed by atoms with van der Waals surface area (Å²) in [5, 5.41) is 0. The molecule has 4 rings (SSSR count). The van der Waals surface area contributed by atoms with Gasteiger partial charge < -0.3 is 4.90 Å². The maximum atomic E-state index is 13.8. The summed E-state index contributed by atoms with van der Waals surface area (Å²) in [6.07, 6.45) is 3.33. The number of amides is 1. The average molecular weight is 433 g/mol. The predicted molar refractivity (Wildman–Crippen MR) is 117 cm³/mol. The van der Waals surface area contributed by atoms with Crippen molar-refractivity contribution in [1.82, 2.24) is 14.3 Å². The molecular formula is C25H21F2N3O2. The number of carbonyl (C=O) groups is 1. The summed E-state index contributed by atoms with van der Waals surface area (Å²) >= 11 is 0. The fourth-order valence-electron chi connectivity index (χ4n) is 3.80. The van der Waals surface area contributed by atoms with Crippen LogP contribution in [0.25, 0.3) is 5.65 Å². The Bertz CT molecular complexity index is 1320. The summed E-state index contributed by atoms with van der Waals surface area (Å²) in [6.45, 7) is 1.97. The average Bonchev–Trinajstić information content (AvgIpc) is 2.80. The lowest BCUT2D eigenvalue weighted by Crippen LogP contribution is -2.38. The van der Waals surface area contributed by atoms with Gasteiger partial charge in [-0.3, -0.25) is 14.0 Å². The van der Waals surface area contributed by atoms with Crippen LogP contribution >= 0.6 is 0 Å². The molecule has 0 N–H and O–H groups in total. The predicted octanol–water partition coefficient (Wildman–Crippen LogP) is 4.77. The van der Waals surface area contributed by atoms with Crippen LogP contribution < -0.4 is 5.56 Å². The summed E-state index contributed by atoms with van der Waals surface area (Å²) in [4.78, 5) is 32.4. The number of halogens is 2. The Kier molecular flexibility index (Phi) is 6.07. The molecule has 0 aliphatic rings. The number of carbonyl (C=O) groups excluding carboxylic acids is 1. The topological polar surface area (TPSA) is 54.7 Å². The maximum Gasteiger partial charge on any atom is 0.270 e. The highest BCUT2D eigenvalue weighted by Gasteiger charge is 2.28. The number of rotatable bonds is 6. The van der Waals surface area contributed by atoms with Crippen molar-refractivity contribution >= 4 is 11.6 Å². The molecule has 2 heterocycles. The van der Waals surface area contributed by atoms with E-state index < -0.39 is 23.3 Å². The molecule has 5 nitrogen and oxygen atoms in total. The molecule has 0 radical (unpaired) electrons. The van der Waals surface area contributed by atoms with E-state index in [9.17, 15) is 18.4 Å². The third-order valence-corrected chi connectivity index (χ3v) is 5.36. The highest BCUT2D eigenvalue weighted by Crippen LogP contribution is 2.28. The van der Waals surface area contributed by atoms with Crippen LogP contribution in [0.5, 0.6) is 0 Å². The van der Waals surface area contributed by atoms with Gasteiger partial charge in [0.25, 0.3) is 11.5 Å². The van der Waals surface area contributed by atoms with Gasteiger partial charge in [0.05, 0.1) is 6.04 Å². The first-order valence-corrected chi connectivity index (χ1v) is 10.2. The second-order valence-corrected chi connectivity index (χ2v) is 7.44. The van der Waals surface area contributed by atoms with E-state index in [1.807, 2.05) is 6.92 Å². The lowest BCUT2D eigenvalue weighted by Gasteiger charge is -2.32. The number of pyridine rings is 1. The molecule has 0 aliphatic heterocycles. The minimum absolute atomic E-state index is 0.0728. The Morgan fingerprint density at radius 3 is 2.53 bits per heavy atom. The summed E-state index contributed by atoms with van der Waals surface area (Å²) < 4.78 is 28.6. The van der Waals surface area contributed by atoms with E-state index in [0.29, 0.717) is 23.2 Å². The van der Waals surface area contributed by atoms with Gasteiger partial charge in [0.2, 0.25) is 0 Å². The van der Waals surface area contributed by atoms with Gasteiger partial charge in [-0.15, -0.1) is 0 Å². The highest BCUT2D eigenvalue weighted by atomic mass is 19.1. The Labute approximate surface area is 183 Å². The van der Waals surface area contributed by atoms with Crippen molar-refractivity contribution < 1.29 is 13.6 Å². The minimum Gasteiger partial charge on any atom is -0.327 e. The van der Waals surface area contributed by atoms with Crippen LogP contribution in [0.3, 0.4) is 0 Å². The SMILES string of the molecule is CCC(c1ccc(F)cc1)N(Cc1cccc(F)c1)C(=O)c1cnc2ccccn2c1=O. The number of aromatic nitrogens is 2. The molecule has 0 aliphatic carbocycles. The van der Waals surface area contributed by atoms with Gasteiger partial charge in [-0.05, 0) is 53.9 Å². The van der Waals surface area contributed by atoms with Crippen molar-refractivity contribution in [2.45, 2.75) is 25.9 Å². The van der Waals surface area contributed by atoms with Gasteiger partial charge >= 0.3 is 0 Å². The molecule has 32 heavy (non-hydrogen) atoms. The van der Waals surface area contributed by atoms with Crippen molar-refractivity contribution in [1.29, 1.82) is 0 Å². The van der Waals surface area contributed by atoms with Crippen LogP contribution in [0.2, 0.25) is 0 Å². The monoisotopic (exact) mass is 433 g/mol. The summed E-state index contributed by atoms with van der Waals surface area (Å²) in [6, 6.07) is 16.5. The zero-order chi connectivity index (χ0) is 22.7. The molecule has 2 aromatic carbocycles.